The number of ether oxygens (including phenoxy) is 2. The van der Waals surface area contributed by atoms with Crippen LogP contribution < -0.4 is 9.47 Å². The van der Waals surface area contributed by atoms with Crippen LogP contribution in [0, 0.1) is 0 Å². The minimum Gasteiger partial charge on any atom is -0.503 e. The number of Topliss-reactive ketones (excluding diaryl/α,β-unsaturated/α-hetero) is 1. The van der Waals surface area contributed by atoms with Crippen molar-refractivity contribution in [1.82, 2.24) is 9.80 Å². The molecule has 2 aromatic carbocycles. The maximum absolute atomic E-state index is 13.7. The molecule has 1 aromatic heterocycles. The highest BCUT2D eigenvalue weighted by Gasteiger charge is 2.45. The number of hydrogen-bond donors (Lipinski definition) is 1. The van der Waals surface area contributed by atoms with E-state index in [0.717, 1.165) is 6.54 Å². The topological polar surface area (TPSA) is 92.4 Å². The lowest BCUT2D eigenvalue weighted by atomic mass is 9.94. The van der Waals surface area contributed by atoms with Crippen molar-refractivity contribution in [3.8, 4) is 11.5 Å². The van der Waals surface area contributed by atoms with Crippen LogP contribution in [0.1, 0.15) is 28.6 Å². The number of carbonyl (C=O) groups excluding carboxylic acids is 2. The molecule has 178 valence electrons. The Balaban J connectivity index is 1.80. The van der Waals surface area contributed by atoms with Crippen LogP contribution in [0.4, 0.5) is 0 Å². The second-order valence-electron chi connectivity index (χ2n) is 8.38. The molecule has 8 heteroatoms. The standard InChI is InChI=1S/C26H28N2O6/c1-27(2)13-8-14-28-22(17-10-5-6-11-18(17)32-3)21(24(30)26(28)31)23(29)20-15-16-9-7-12-19(33-4)25(16)34-20/h5-7,9-12,15,22,30H,8,13-14H2,1-4H3/t22-/m1/s1. The first-order valence-electron chi connectivity index (χ1n) is 11.0. The average Bonchev–Trinajstić information content (AvgIpc) is 3.38. The maximum Gasteiger partial charge on any atom is 0.290 e. The molecule has 2 heterocycles. The van der Waals surface area contributed by atoms with Crippen LogP contribution >= 0.6 is 0 Å². The van der Waals surface area contributed by atoms with E-state index in [2.05, 4.69) is 0 Å². The molecular weight excluding hydrogens is 436 g/mol. The number of methoxy groups -OCH3 is 2. The summed E-state index contributed by atoms with van der Waals surface area (Å²) in [6.07, 6.45) is 0.668. The van der Waals surface area contributed by atoms with Gasteiger partial charge in [-0.15, -0.1) is 0 Å². The first kappa shape index (κ1) is 23.4. The summed E-state index contributed by atoms with van der Waals surface area (Å²) in [5.74, 6) is -0.697. The third-order valence-electron chi connectivity index (χ3n) is 5.94. The van der Waals surface area contributed by atoms with Gasteiger partial charge in [0, 0.05) is 17.5 Å². The van der Waals surface area contributed by atoms with E-state index < -0.39 is 23.5 Å². The Hall–Kier alpha value is -3.78. The fraction of sp³-hybridized carbons (Fsp3) is 0.308. The van der Waals surface area contributed by atoms with Crippen molar-refractivity contribution in [3.05, 3.63) is 71.2 Å². The first-order chi connectivity index (χ1) is 16.4. The minimum atomic E-state index is -0.812. The van der Waals surface area contributed by atoms with Gasteiger partial charge in [-0.3, -0.25) is 9.59 Å². The van der Waals surface area contributed by atoms with E-state index in [9.17, 15) is 14.7 Å². The van der Waals surface area contributed by atoms with Gasteiger partial charge < -0.3 is 28.8 Å². The number of hydrogen-bond acceptors (Lipinski definition) is 7. The average molecular weight is 465 g/mol. The summed E-state index contributed by atoms with van der Waals surface area (Å²) in [6, 6.07) is 13.3. The summed E-state index contributed by atoms with van der Waals surface area (Å²) in [7, 11) is 6.95. The predicted molar refractivity (Wildman–Crippen MR) is 127 cm³/mol. The summed E-state index contributed by atoms with van der Waals surface area (Å²) >= 11 is 0. The molecule has 0 fully saturated rings. The van der Waals surface area contributed by atoms with Crippen molar-refractivity contribution in [2.75, 3.05) is 41.4 Å². The van der Waals surface area contributed by atoms with Crippen LogP contribution in [0.15, 0.2) is 64.3 Å². The van der Waals surface area contributed by atoms with Gasteiger partial charge in [-0.1, -0.05) is 30.3 Å². The fourth-order valence-electron chi connectivity index (χ4n) is 4.33. The molecular formula is C26H28N2O6. The van der Waals surface area contributed by atoms with Crippen molar-refractivity contribution >= 4 is 22.7 Å². The van der Waals surface area contributed by atoms with Crippen LogP contribution in [0.5, 0.6) is 11.5 Å². The van der Waals surface area contributed by atoms with Crippen molar-refractivity contribution < 1.29 is 28.6 Å². The number of aliphatic hydroxyl groups excluding tert-OH is 1. The molecule has 4 rings (SSSR count). The summed E-state index contributed by atoms with van der Waals surface area (Å²) in [5.41, 5.74) is 1.01. The monoisotopic (exact) mass is 464 g/mol. The number of furan rings is 1. The van der Waals surface area contributed by atoms with Gasteiger partial charge in [-0.2, -0.15) is 0 Å². The molecule has 0 unspecified atom stereocenters. The molecule has 8 nitrogen and oxygen atoms in total. The molecule has 1 aliphatic rings. The number of ketones is 1. The van der Waals surface area contributed by atoms with Crippen LogP contribution in [-0.2, 0) is 4.79 Å². The molecule has 1 amide bonds. The van der Waals surface area contributed by atoms with Gasteiger partial charge >= 0.3 is 0 Å². The lowest BCUT2D eigenvalue weighted by Gasteiger charge is -2.28. The van der Waals surface area contributed by atoms with Crippen LogP contribution in [0.2, 0.25) is 0 Å². The third-order valence-corrected chi connectivity index (χ3v) is 5.94. The molecule has 1 N–H and O–H groups in total. The van der Waals surface area contributed by atoms with Crippen molar-refractivity contribution in [2.24, 2.45) is 0 Å². The second-order valence-corrected chi connectivity index (χ2v) is 8.38. The van der Waals surface area contributed by atoms with Crippen LogP contribution in [0.25, 0.3) is 11.0 Å². The van der Waals surface area contributed by atoms with Crippen molar-refractivity contribution in [1.29, 1.82) is 0 Å². The Morgan fingerprint density at radius 2 is 1.79 bits per heavy atom. The summed E-state index contributed by atoms with van der Waals surface area (Å²) < 4.78 is 16.7. The minimum absolute atomic E-state index is 0.0175. The Bertz CT molecular complexity index is 1260. The second kappa shape index (κ2) is 9.61. The highest BCUT2D eigenvalue weighted by Crippen LogP contribution is 2.43. The number of amides is 1. The molecule has 0 saturated carbocycles. The number of nitrogens with zero attached hydrogens (tertiary/aromatic N) is 2. The number of benzene rings is 2. The first-order valence-corrected chi connectivity index (χ1v) is 11.0. The zero-order valence-corrected chi connectivity index (χ0v) is 19.7. The van der Waals surface area contributed by atoms with Gasteiger partial charge in [-0.05, 0) is 45.3 Å². The third kappa shape index (κ3) is 4.12. The van der Waals surface area contributed by atoms with Crippen LogP contribution in [-0.4, -0.2) is 68.0 Å². The summed E-state index contributed by atoms with van der Waals surface area (Å²) in [6.45, 7) is 1.10. The number of para-hydroxylation sites is 2. The van der Waals surface area contributed by atoms with E-state index in [1.807, 2.05) is 31.1 Å². The molecule has 0 saturated heterocycles. The molecule has 0 aliphatic carbocycles. The van der Waals surface area contributed by atoms with Crippen LogP contribution in [0.3, 0.4) is 0 Å². The highest BCUT2D eigenvalue weighted by atomic mass is 16.5. The molecule has 0 bridgehead atoms. The van der Waals surface area contributed by atoms with E-state index in [4.69, 9.17) is 13.9 Å². The molecule has 1 atom stereocenters. The van der Waals surface area contributed by atoms with Crippen molar-refractivity contribution in [2.45, 2.75) is 12.5 Å². The molecule has 34 heavy (non-hydrogen) atoms. The van der Waals surface area contributed by atoms with Gasteiger partial charge in [0.25, 0.3) is 5.91 Å². The van der Waals surface area contributed by atoms with Gasteiger partial charge in [0.15, 0.2) is 22.9 Å². The molecule has 0 spiro atoms. The Morgan fingerprint density at radius 1 is 1.09 bits per heavy atom. The Morgan fingerprint density at radius 3 is 2.50 bits per heavy atom. The summed E-state index contributed by atoms with van der Waals surface area (Å²) in [4.78, 5) is 30.4. The molecule has 1 aliphatic heterocycles. The molecule has 0 radical (unpaired) electrons. The number of carbonyl (C=O) groups is 2. The van der Waals surface area contributed by atoms with E-state index in [0.29, 0.717) is 41.0 Å². The normalized spacial score (nSPS) is 16.1. The maximum atomic E-state index is 13.7. The van der Waals surface area contributed by atoms with Gasteiger partial charge in [0.1, 0.15) is 5.75 Å². The van der Waals surface area contributed by atoms with Gasteiger partial charge in [0.2, 0.25) is 5.78 Å². The number of fused-ring (bicyclic) bond motifs is 1. The highest BCUT2D eigenvalue weighted by molar-refractivity contribution is 6.16. The lowest BCUT2D eigenvalue weighted by Crippen LogP contribution is -2.33. The van der Waals surface area contributed by atoms with E-state index in [1.54, 1.807) is 36.4 Å². The van der Waals surface area contributed by atoms with Gasteiger partial charge in [0.05, 0.1) is 25.8 Å². The quantitative estimate of drug-likeness (QED) is 0.479. The SMILES string of the molecule is COc1ccccc1[C@@H]1C(C(=O)c2cc3cccc(OC)c3o2)=C(O)C(=O)N1CCCN(C)C. The zero-order valence-electron chi connectivity index (χ0n) is 19.7. The van der Waals surface area contributed by atoms with Gasteiger partial charge in [-0.25, -0.2) is 0 Å². The van der Waals surface area contributed by atoms with E-state index in [-0.39, 0.29) is 11.3 Å². The predicted octanol–water partition coefficient (Wildman–Crippen LogP) is 3.98. The number of aliphatic hydroxyl groups is 1. The van der Waals surface area contributed by atoms with E-state index in [1.165, 1.54) is 19.1 Å². The lowest BCUT2D eigenvalue weighted by molar-refractivity contribution is -0.129. The molecule has 3 aromatic rings. The fourth-order valence-corrected chi connectivity index (χ4v) is 4.33. The van der Waals surface area contributed by atoms with Crippen molar-refractivity contribution in [3.63, 3.8) is 0 Å². The smallest absolute Gasteiger partial charge is 0.290 e. The van der Waals surface area contributed by atoms with E-state index >= 15 is 0 Å². The Kier molecular flexibility index (Phi) is 6.61. The summed E-state index contributed by atoms with van der Waals surface area (Å²) in [5, 5.41) is 11.6. The zero-order chi connectivity index (χ0) is 24.4. The number of rotatable bonds is 9. The Labute approximate surface area is 198 Å². The largest absolute Gasteiger partial charge is 0.503 e.